The Labute approximate surface area is 169 Å². The normalized spacial score (nSPS) is 18.6. The van der Waals surface area contributed by atoms with Crippen molar-refractivity contribution in [3.05, 3.63) is 95.0 Å². The largest absolute Gasteiger partial charge is 0.386 e. The van der Waals surface area contributed by atoms with Gasteiger partial charge in [0.1, 0.15) is 5.71 Å². The molecular formula is C23H20ClN3O. The van der Waals surface area contributed by atoms with Crippen molar-refractivity contribution in [2.24, 2.45) is 5.10 Å². The first-order chi connectivity index (χ1) is 13.7. The van der Waals surface area contributed by atoms with Crippen molar-refractivity contribution in [3.63, 3.8) is 0 Å². The average Bonchev–Trinajstić information content (AvgIpc) is 3.14. The zero-order valence-corrected chi connectivity index (χ0v) is 16.2. The van der Waals surface area contributed by atoms with Crippen molar-refractivity contribution in [1.82, 2.24) is 0 Å². The van der Waals surface area contributed by atoms with E-state index >= 15 is 0 Å². The molecule has 1 heterocycles. The molecule has 3 aromatic carbocycles. The van der Waals surface area contributed by atoms with Gasteiger partial charge in [0.2, 0.25) is 0 Å². The van der Waals surface area contributed by atoms with E-state index in [-0.39, 0.29) is 12.0 Å². The van der Waals surface area contributed by atoms with Gasteiger partial charge in [0, 0.05) is 12.1 Å². The van der Waals surface area contributed by atoms with Crippen LogP contribution >= 0.6 is 11.6 Å². The summed E-state index contributed by atoms with van der Waals surface area (Å²) in [7, 11) is 1.88. The number of para-hydroxylation sites is 2. The number of nitrogens with one attached hydrogen (secondary N) is 1. The third-order valence-electron chi connectivity index (χ3n) is 5.04. The fourth-order valence-electron chi connectivity index (χ4n) is 3.78. The molecule has 0 saturated carbocycles. The van der Waals surface area contributed by atoms with Crippen LogP contribution in [0.5, 0.6) is 0 Å². The summed E-state index contributed by atoms with van der Waals surface area (Å²) < 4.78 is 0. The van der Waals surface area contributed by atoms with E-state index in [1.54, 1.807) is 0 Å². The number of rotatable bonds is 5. The van der Waals surface area contributed by atoms with Crippen LogP contribution in [-0.4, -0.2) is 19.0 Å². The van der Waals surface area contributed by atoms with Crippen molar-refractivity contribution in [2.45, 2.75) is 12.0 Å². The maximum absolute atomic E-state index is 12.0. The first-order valence-corrected chi connectivity index (χ1v) is 9.51. The van der Waals surface area contributed by atoms with Crippen molar-refractivity contribution in [3.8, 4) is 0 Å². The van der Waals surface area contributed by atoms with E-state index in [2.05, 4.69) is 17.4 Å². The second-order valence-electron chi connectivity index (χ2n) is 6.61. The molecule has 2 unspecified atom stereocenters. The lowest BCUT2D eigenvalue weighted by molar-refractivity contribution is -0.102. The Kier molecular flexibility index (Phi) is 5.13. The molecule has 0 amide bonds. The van der Waals surface area contributed by atoms with E-state index in [9.17, 15) is 4.79 Å². The van der Waals surface area contributed by atoms with Crippen LogP contribution in [0.3, 0.4) is 0 Å². The maximum atomic E-state index is 12.0. The van der Waals surface area contributed by atoms with Crippen LogP contribution in [-0.2, 0) is 4.79 Å². The number of carbonyl (C=O) groups is 1. The van der Waals surface area contributed by atoms with Gasteiger partial charge in [0.05, 0.1) is 23.3 Å². The van der Waals surface area contributed by atoms with Crippen LogP contribution in [0.25, 0.3) is 0 Å². The number of anilines is 2. The van der Waals surface area contributed by atoms with Gasteiger partial charge in [-0.1, -0.05) is 72.3 Å². The Bertz CT molecular complexity index is 1020. The van der Waals surface area contributed by atoms with Gasteiger partial charge in [-0.15, -0.1) is 0 Å². The van der Waals surface area contributed by atoms with Crippen molar-refractivity contribution in [1.29, 1.82) is 0 Å². The Balaban J connectivity index is 1.92. The molecule has 4 nitrogen and oxygen atoms in total. The topological polar surface area (TPSA) is 44.7 Å². The Morgan fingerprint density at radius 1 is 0.964 bits per heavy atom. The minimum Gasteiger partial charge on any atom is -0.386 e. The van der Waals surface area contributed by atoms with Gasteiger partial charge in [-0.2, -0.15) is 5.10 Å². The highest BCUT2D eigenvalue weighted by atomic mass is 35.5. The lowest BCUT2D eigenvalue weighted by Crippen LogP contribution is -2.25. The summed E-state index contributed by atoms with van der Waals surface area (Å²) in [6.45, 7) is 0. The van der Waals surface area contributed by atoms with Gasteiger partial charge in [-0.05, 0) is 29.3 Å². The first kappa shape index (κ1) is 18.3. The van der Waals surface area contributed by atoms with Crippen molar-refractivity contribution >= 4 is 35.0 Å². The molecule has 0 saturated heterocycles. The van der Waals surface area contributed by atoms with Crippen LogP contribution in [0.2, 0.25) is 5.02 Å². The van der Waals surface area contributed by atoms with Gasteiger partial charge in [-0.25, -0.2) is 0 Å². The number of nitrogens with zero attached hydrogens (tertiary/aromatic N) is 2. The quantitative estimate of drug-likeness (QED) is 0.603. The van der Waals surface area contributed by atoms with E-state index in [4.69, 9.17) is 16.7 Å². The Morgan fingerprint density at radius 3 is 2.36 bits per heavy atom. The van der Waals surface area contributed by atoms with Crippen molar-refractivity contribution in [2.75, 3.05) is 17.4 Å². The fourth-order valence-corrected chi connectivity index (χ4v) is 4.03. The van der Waals surface area contributed by atoms with Crippen LogP contribution in [0.4, 0.5) is 11.4 Å². The monoisotopic (exact) mass is 389 g/mol. The highest BCUT2D eigenvalue weighted by molar-refractivity contribution is 6.35. The summed E-state index contributed by atoms with van der Waals surface area (Å²) in [4.78, 5) is 12.0. The molecule has 3 aromatic rings. The molecule has 4 rings (SSSR count). The third kappa shape index (κ3) is 3.16. The van der Waals surface area contributed by atoms with Gasteiger partial charge < -0.3 is 5.32 Å². The lowest BCUT2D eigenvalue weighted by atomic mass is 9.84. The molecule has 0 radical (unpaired) electrons. The maximum Gasteiger partial charge on any atom is 0.166 e. The molecule has 0 spiro atoms. The number of halogens is 1. The standard InChI is InChI=1S/C23H20ClN3O/c1-25-19-13-7-8-14-21(19)27-23(16-9-3-2-4-10-16)22(20(15-28)26-27)17-11-5-6-12-18(17)24/h2-15,22-23,25H,1H3. The third-order valence-corrected chi connectivity index (χ3v) is 5.39. The molecule has 1 aliphatic heterocycles. The van der Waals surface area contributed by atoms with Crippen LogP contribution in [0.15, 0.2) is 84.0 Å². The molecule has 5 heteroatoms. The molecule has 0 aromatic heterocycles. The summed E-state index contributed by atoms with van der Waals surface area (Å²) in [5, 5.41) is 10.5. The molecule has 0 bridgehead atoms. The van der Waals surface area contributed by atoms with Gasteiger partial charge in [-0.3, -0.25) is 9.80 Å². The number of aldehydes is 1. The Morgan fingerprint density at radius 2 is 1.64 bits per heavy atom. The fraction of sp³-hybridized carbons (Fsp3) is 0.130. The van der Waals surface area contributed by atoms with Gasteiger partial charge >= 0.3 is 0 Å². The Hall–Kier alpha value is -3.11. The number of benzene rings is 3. The second kappa shape index (κ2) is 7.87. The molecule has 2 atom stereocenters. The SMILES string of the molecule is CNc1ccccc1N1N=C(C=O)C(c2ccccc2Cl)C1c1ccccc1. The van der Waals surface area contributed by atoms with E-state index < -0.39 is 0 Å². The second-order valence-corrected chi connectivity index (χ2v) is 7.02. The summed E-state index contributed by atoms with van der Waals surface area (Å²) >= 11 is 6.53. The zero-order chi connectivity index (χ0) is 19.5. The van der Waals surface area contributed by atoms with Crippen LogP contribution in [0.1, 0.15) is 23.1 Å². The molecule has 1 N–H and O–H groups in total. The van der Waals surface area contributed by atoms with Crippen molar-refractivity contribution < 1.29 is 4.79 Å². The van der Waals surface area contributed by atoms with Crippen LogP contribution in [0, 0.1) is 0 Å². The number of hydrogen-bond donors (Lipinski definition) is 1. The van der Waals surface area contributed by atoms with Gasteiger partial charge in [0.15, 0.2) is 6.29 Å². The van der Waals surface area contributed by atoms with E-state index in [1.165, 1.54) is 0 Å². The van der Waals surface area contributed by atoms with E-state index in [0.717, 1.165) is 28.8 Å². The smallest absolute Gasteiger partial charge is 0.166 e. The predicted molar refractivity (Wildman–Crippen MR) is 115 cm³/mol. The number of hydrogen-bond acceptors (Lipinski definition) is 4. The van der Waals surface area contributed by atoms with Gasteiger partial charge in [0.25, 0.3) is 0 Å². The summed E-state index contributed by atoms with van der Waals surface area (Å²) in [5.74, 6) is -0.265. The number of carbonyl (C=O) groups excluding carboxylic acids is 1. The zero-order valence-electron chi connectivity index (χ0n) is 15.4. The molecule has 1 aliphatic rings. The molecular weight excluding hydrogens is 370 g/mol. The molecule has 0 aliphatic carbocycles. The summed E-state index contributed by atoms with van der Waals surface area (Å²) in [6.07, 6.45) is 0.839. The molecule has 140 valence electrons. The van der Waals surface area contributed by atoms with E-state index in [0.29, 0.717) is 10.7 Å². The summed E-state index contributed by atoms with van der Waals surface area (Å²) in [6, 6.07) is 25.5. The average molecular weight is 390 g/mol. The van der Waals surface area contributed by atoms with Crippen LogP contribution < -0.4 is 10.3 Å². The summed E-state index contributed by atoms with van der Waals surface area (Å²) in [5.41, 5.74) is 4.28. The number of hydrazone groups is 1. The first-order valence-electron chi connectivity index (χ1n) is 9.13. The minimum absolute atomic E-state index is 0.184. The molecule has 28 heavy (non-hydrogen) atoms. The molecule has 0 fully saturated rings. The highest BCUT2D eigenvalue weighted by Crippen LogP contribution is 2.47. The predicted octanol–water partition coefficient (Wildman–Crippen LogP) is 5.28. The van der Waals surface area contributed by atoms with E-state index in [1.807, 2.05) is 78.8 Å². The highest BCUT2D eigenvalue weighted by Gasteiger charge is 2.41. The lowest BCUT2D eigenvalue weighted by Gasteiger charge is -2.30. The minimum atomic E-state index is -0.265.